The fraction of sp³-hybridized carbons (Fsp3) is 0.650. The number of amides is 2. The fourth-order valence-corrected chi connectivity index (χ4v) is 11.3. The van der Waals surface area contributed by atoms with Crippen LogP contribution in [0.15, 0.2) is 36.4 Å². The zero-order chi connectivity index (χ0) is 36.8. The molecule has 0 unspecified atom stereocenters. The van der Waals surface area contributed by atoms with Crippen LogP contribution in [0.5, 0.6) is 5.75 Å². The molecule has 0 radical (unpaired) electrons. The predicted molar refractivity (Wildman–Crippen MR) is 204 cm³/mol. The van der Waals surface area contributed by atoms with Crippen molar-refractivity contribution in [2.75, 3.05) is 57.3 Å². The second-order valence-corrected chi connectivity index (χ2v) is 19.0. The van der Waals surface area contributed by atoms with Crippen LogP contribution in [0.4, 0.5) is 5.69 Å². The van der Waals surface area contributed by atoms with Gasteiger partial charge in [0.25, 0.3) is 5.91 Å². The molecule has 1 saturated carbocycles. The molecule has 2 bridgehead atoms. The van der Waals surface area contributed by atoms with Gasteiger partial charge in [0, 0.05) is 55.3 Å². The Morgan fingerprint density at radius 2 is 1.87 bits per heavy atom. The molecule has 284 valence electrons. The van der Waals surface area contributed by atoms with Crippen LogP contribution >= 0.6 is 11.6 Å². The predicted octanol–water partition coefficient (Wildman–Crippen LogP) is 5.39. The highest BCUT2D eigenvalue weighted by Gasteiger charge is 2.50. The first-order valence-electron chi connectivity index (χ1n) is 19.4. The first-order valence-corrected chi connectivity index (χ1v) is 21.3. The molecule has 2 fully saturated rings. The highest BCUT2D eigenvalue weighted by Crippen LogP contribution is 2.49. The number of hydrogen-bond donors (Lipinski definition) is 2. The molecule has 2 aromatic rings. The number of carbonyl (C=O) groups is 2. The summed E-state index contributed by atoms with van der Waals surface area (Å²) in [7, 11) is -3.98. The maximum Gasteiger partial charge on any atom is 0.264 e. The second-order valence-electron chi connectivity index (χ2n) is 16.5. The Bertz CT molecular complexity index is 1790. The molecule has 3 aliphatic heterocycles. The number of anilines is 1. The van der Waals surface area contributed by atoms with Crippen molar-refractivity contribution < 1.29 is 27.9 Å². The number of halogens is 1. The largest absolute Gasteiger partial charge is 0.490 e. The number of hydrogen-bond acceptors (Lipinski definition) is 8. The van der Waals surface area contributed by atoms with Crippen LogP contribution in [-0.4, -0.2) is 98.4 Å². The molecule has 12 heteroatoms. The smallest absolute Gasteiger partial charge is 0.264 e. The number of sulfonamides is 1. The monoisotopic (exact) mass is 754 g/mol. The molecule has 1 spiro atoms. The molecule has 3 heterocycles. The van der Waals surface area contributed by atoms with Gasteiger partial charge in [-0.15, -0.1) is 0 Å². The Morgan fingerprint density at radius 3 is 2.62 bits per heavy atom. The molecule has 2 amide bonds. The van der Waals surface area contributed by atoms with Crippen molar-refractivity contribution in [3.05, 3.63) is 58.1 Å². The van der Waals surface area contributed by atoms with Gasteiger partial charge in [0.1, 0.15) is 5.75 Å². The first-order chi connectivity index (χ1) is 24.8. The van der Waals surface area contributed by atoms with Crippen LogP contribution in [-0.2, 0) is 26.7 Å². The summed E-state index contributed by atoms with van der Waals surface area (Å²) in [6, 6.07) is 11.4. The zero-order valence-electron chi connectivity index (χ0n) is 30.9. The third-order valence-electron chi connectivity index (χ3n) is 13.0. The average Bonchev–Trinajstić information content (AvgIpc) is 3.23. The van der Waals surface area contributed by atoms with Crippen molar-refractivity contribution in [2.45, 2.75) is 94.8 Å². The quantitative estimate of drug-likeness (QED) is 0.427. The number of ether oxygens (including phenoxy) is 1. The van der Waals surface area contributed by atoms with E-state index in [1.807, 2.05) is 17.9 Å². The van der Waals surface area contributed by atoms with Crippen LogP contribution in [0.25, 0.3) is 0 Å². The normalized spacial score (nSPS) is 32.6. The van der Waals surface area contributed by atoms with Crippen LogP contribution in [0.3, 0.4) is 0 Å². The van der Waals surface area contributed by atoms with Crippen molar-refractivity contribution in [3.8, 4) is 5.75 Å². The Balaban J connectivity index is 1.26. The van der Waals surface area contributed by atoms with E-state index in [0.717, 1.165) is 62.3 Å². The molecule has 52 heavy (non-hydrogen) atoms. The van der Waals surface area contributed by atoms with Crippen LogP contribution in [0.2, 0.25) is 5.02 Å². The van der Waals surface area contributed by atoms with Gasteiger partial charge in [0.05, 0.1) is 29.7 Å². The van der Waals surface area contributed by atoms with Crippen LogP contribution in [0, 0.1) is 17.8 Å². The third kappa shape index (κ3) is 7.31. The van der Waals surface area contributed by atoms with Gasteiger partial charge in [-0.05, 0) is 118 Å². The number of carbonyl (C=O) groups excluding carboxylic acids is 2. The van der Waals surface area contributed by atoms with E-state index in [1.54, 1.807) is 25.1 Å². The summed E-state index contributed by atoms with van der Waals surface area (Å²) < 4.78 is 36.1. The Morgan fingerprint density at radius 1 is 1.04 bits per heavy atom. The van der Waals surface area contributed by atoms with Gasteiger partial charge in [-0.2, -0.15) is 0 Å². The van der Waals surface area contributed by atoms with Crippen molar-refractivity contribution >= 4 is 39.1 Å². The van der Waals surface area contributed by atoms with E-state index in [4.69, 9.17) is 16.3 Å². The molecule has 0 aromatic heterocycles. The molecule has 6 atom stereocenters. The van der Waals surface area contributed by atoms with Crippen LogP contribution < -0.4 is 14.4 Å². The van der Waals surface area contributed by atoms with E-state index < -0.39 is 26.8 Å². The summed E-state index contributed by atoms with van der Waals surface area (Å²) >= 11 is 6.47. The molecule has 2 aromatic carbocycles. The van der Waals surface area contributed by atoms with Crippen molar-refractivity contribution in [1.29, 1.82) is 0 Å². The fourth-order valence-electron chi connectivity index (χ4n) is 9.75. The number of piperazine rings is 1. The van der Waals surface area contributed by atoms with Crippen molar-refractivity contribution in [2.24, 2.45) is 17.8 Å². The lowest BCUT2D eigenvalue weighted by molar-refractivity contribution is -0.141. The van der Waals surface area contributed by atoms with Gasteiger partial charge >= 0.3 is 0 Å². The summed E-state index contributed by atoms with van der Waals surface area (Å²) in [5, 5.41) is 12.7. The number of nitrogens with zero attached hydrogens (tertiary/aromatic N) is 3. The maximum atomic E-state index is 13.6. The molecule has 2 aliphatic carbocycles. The highest BCUT2D eigenvalue weighted by atomic mass is 35.5. The molecule has 1 saturated heterocycles. The van der Waals surface area contributed by atoms with E-state index in [2.05, 4.69) is 33.6 Å². The van der Waals surface area contributed by atoms with Gasteiger partial charge in [-0.3, -0.25) is 14.5 Å². The second kappa shape index (κ2) is 14.8. The molecule has 5 aliphatic rings. The van der Waals surface area contributed by atoms with E-state index in [9.17, 15) is 23.1 Å². The molecular weight excluding hydrogens is 700 g/mol. The minimum absolute atomic E-state index is 0.00754. The lowest BCUT2D eigenvalue weighted by atomic mass is 9.62. The SMILES string of the molecule is CCCN1CCN(C[C@@]2(O)CCC[C@H](C)[C@@H](C)S(=O)(=O)NC(=O)c3ccc4c(c3)N(C[C@@H]3CC[C@H]32)C[C@@]2(CCCc3cc(Cl)ccc32)CO4)CC1=O. The van der Waals surface area contributed by atoms with Crippen molar-refractivity contribution in [3.63, 3.8) is 0 Å². The van der Waals surface area contributed by atoms with E-state index in [1.165, 1.54) is 11.1 Å². The third-order valence-corrected chi connectivity index (χ3v) is 15.2. The summed E-state index contributed by atoms with van der Waals surface area (Å²) in [6.07, 6.45) is 7.40. The number of β-amino-alcohol motifs (C(OH)–C–C–N with tert-alkyl or cyclic N) is 1. The Kier molecular flexibility index (Phi) is 10.6. The Labute approximate surface area is 314 Å². The Hall–Kier alpha value is -2.86. The molecule has 10 nitrogen and oxygen atoms in total. The lowest BCUT2D eigenvalue weighted by Crippen LogP contribution is -2.60. The van der Waals surface area contributed by atoms with Gasteiger partial charge in [-0.25, -0.2) is 13.1 Å². The summed E-state index contributed by atoms with van der Waals surface area (Å²) in [6.45, 7) is 10.3. The number of benzene rings is 2. The standard InChI is InChI=1S/C40H55ClN4O6S/c1-4-17-44-19-18-43(23-37(44)46)25-40(48)16-5-7-27(2)28(3)52(49,50)42-38(47)30-10-14-36-35(21-30)45(22-31-9-12-34(31)40)24-39(26-51-36)15-6-8-29-20-32(41)11-13-33(29)39/h10-11,13-14,20-21,27-28,31,34,48H,4-9,12,15-19,22-26H2,1-3H3,(H,42,47)/t27-,28+,31-,34+,39-,40-/m0/s1. The van der Waals surface area contributed by atoms with Crippen molar-refractivity contribution in [1.82, 2.24) is 14.5 Å². The van der Waals surface area contributed by atoms with E-state index >= 15 is 0 Å². The highest BCUT2D eigenvalue weighted by molar-refractivity contribution is 7.90. The molecule has 7 rings (SSSR count). The maximum absolute atomic E-state index is 13.6. The number of nitrogens with one attached hydrogen (secondary N) is 1. The van der Waals surface area contributed by atoms with Gasteiger partial charge in [0.2, 0.25) is 15.9 Å². The topological polar surface area (TPSA) is 119 Å². The lowest BCUT2D eigenvalue weighted by Gasteiger charge is -2.52. The number of fused-ring (bicyclic) bond motifs is 4. The first kappa shape index (κ1) is 37.5. The average molecular weight is 755 g/mol. The zero-order valence-corrected chi connectivity index (χ0v) is 32.5. The number of rotatable bonds is 4. The minimum Gasteiger partial charge on any atom is -0.490 e. The van der Waals surface area contributed by atoms with Gasteiger partial charge in [-0.1, -0.05) is 37.9 Å². The minimum atomic E-state index is -3.98. The summed E-state index contributed by atoms with van der Waals surface area (Å²) in [5.74, 6) is 0.0824. The summed E-state index contributed by atoms with van der Waals surface area (Å²) in [4.78, 5) is 33.1. The number of aliphatic hydroxyl groups is 1. The van der Waals surface area contributed by atoms with E-state index in [0.29, 0.717) is 64.3 Å². The van der Waals surface area contributed by atoms with Crippen LogP contribution in [0.1, 0.15) is 93.6 Å². The van der Waals surface area contributed by atoms with Gasteiger partial charge < -0.3 is 19.6 Å². The van der Waals surface area contributed by atoms with Gasteiger partial charge in [0.15, 0.2) is 0 Å². The summed E-state index contributed by atoms with van der Waals surface area (Å²) in [5.41, 5.74) is 2.15. The van der Waals surface area contributed by atoms with E-state index in [-0.39, 0.29) is 34.6 Å². The molecule has 2 N–H and O–H groups in total. The number of aryl methyl sites for hydroxylation is 1. The molecular formula is C40H55ClN4O6S.